The molecule has 0 rings (SSSR count). The van der Waals surface area contributed by atoms with Gasteiger partial charge in [-0.05, 0) is 0 Å². The third-order valence-electron chi connectivity index (χ3n) is 0. The van der Waals surface area contributed by atoms with Crippen molar-refractivity contribution < 1.29 is 54.3 Å². The van der Waals surface area contributed by atoms with Gasteiger partial charge in [0.1, 0.15) is 0 Å². The molecule has 6 heavy (non-hydrogen) atoms. The molecular formula is AlO3SiTh+5. The molecule has 0 heterocycles. The van der Waals surface area contributed by atoms with Crippen molar-refractivity contribution in [1.29, 1.82) is 0 Å². The van der Waals surface area contributed by atoms with Crippen molar-refractivity contribution in [1.82, 2.24) is 0 Å². The molecule has 0 spiro atoms. The minimum absolute atomic E-state index is 0. The third-order valence-corrected chi connectivity index (χ3v) is 0. The fraction of sp³-hybridized carbons (Fsp3) is 0. The van der Waals surface area contributed by atoms with E-state index in [2.05, 4.69) is 0 Å². The predicted molar refractivity (Wildman–Crippen MR) is 13.6 cm³/mol. The Balaban J connectivity index is -0.00000000667. The fourth-order valence-corrected chi connectivity index (χ4v) is 0. The van der Waals surface area contributed by atoms with Crippen molar-refractivity contribution in [3.05, 3.63) is 0 Å². The van der Waals surface area contributed by atoms with E-state index in [0.29, 0.717) is 0 Å². The van der Waals surface area contributed by atoms with Crippen LogP contribution in [0.4, 0.5) is 0 Å². The zero-order valence-corrected chi connectivity index (χ0v) is 9.07. The van der Waals surface area contributed by atoms with Crippen LogP contribution in [0.5, 0.6) is 0 Å². The first-order chi connectivity index (χ1) is 1.41. The fourth-order valence-electron chi connectivity index (χ4n) is 0. The average Bonchev–Trinajstić information content (AvgIpc) is 0.918. The Morgan fingerprint density at radius 1 is 1.17 bits per heavy atom. The van der Waals surface area contributed by atoms with E-state index in [0.717, 1.165) is 0 Å². The molecule has 0 saturated carbocycles. The summed E-state index contributed by atoms with van der Waals surface area (Å²) in [6, 6.07) is 0. The van der Waals surface area contributed by atoms with Gasteiger partial charge in [-0.15, -0.1) is 0 Å². The molecule has 0 aromatic rings. The molecule has 0 aliphatic heterocycles. The summed E-state index contributed by atoms with van der Waals surface area (Å²) in [5.41, 5.74) is 0. The van der Waals surface area contributed by atoms with Gasteiger partial charge in [0.25, 0.3) is 0 Å². The van der Waals surface area contributed by atoms with Crippen LogP contribution < -0.4 is 0 Å². The predicted octanol–water partition coefficient (Wildman–Crippen LogP) is -1.12. The van der Waals surface area contributed by atoms with Crippen molar-refractivity contribution in [2.24, 2.45) is 0 Å². The SMILES string of the molecule is O=[Si]=O.[Al+3].[O-2].[Th+4]. The molecule has 0 unspecified atom stereocenters. The molecule has 0 N–H and O–H groups in total. The monoisotopic (exact) mass is 335 g/mol. The maximum Gasteiger partial charge on any atom is 4.00 e. The van der Waals surface area contributed by atoms with Gasteiger partial charge in [0.2, 0.25) is 0 Å². The Kier molecular flexibility index (Phi) is 129. The first kappa shape index (κ1) is 25.4. The van der Waals surface area contributed by atoms with Gasteiger partial charge in [0.15, 0.2) is 0 Å². The van der Waals surface area contributed by atoms with Crippen LogP contribution in [-0.2, 0) is 14.4 Å². The van der Waals surface area contributed by atoms with E-state index >= 15 is 0 Å². The molecule has 0 atom stereocenters. The Morgan fingerprint density at radius 2 is 1.17 bits per heavy atom. The average molecular weight is 335 g/mol. The van der Waals surface area contributed by atoms with Crippen LogP contribution >= 0.6 is 0 Å². The molecule has 0 radical (unpaired) electrons. The van der Waals surface area contributed by atoms with Crippen LogP contribution in [-0.4, -0.2) is 26.7 Å². The van der Waals surface area contributed by atoms with Crippen LogP contribution in [0.1, 0.15) is 0 Å². The molecular weight excluding hydrogens is 335 g/mol. The van der Waals surface area contributed by atoms with Crippen LogP contribution in [0.3, 0.4) is 0 Å². The van der Waals surface area contributed by atoms with E-state index in [1.54, 1.807) is 0 Å². The molecule has 3 nitrogen and oxygen atoms in total. The van der Waals surface area contributed by atoms with Gasteiger partial charge < -0.3 is 5.48 Å². The molecule has 0 fully saturated rings. The van der Waals surface area contributed by atoms with Crippen molar-refractivity contribution in [2.45, 2.75) is 0 Å². The Labute approximate surface area is 79.9 Å². The van der Waals surface area contributed by atoms with Crippen LogP contribution in [0.15, 0.2) is 0 Å². The molecule has 0 saturated heterocycles. The summed E-state index contributed by atoms with van der Waals surface area (Å²) >= 11 is 0. The molecule has 0 aromatic carbocycles. The standard InChI is InChI=1S/Al.O2Si.O.Th/c;1-3-2;;/q+3;;-2;+4. The zero-order chi connectivity index (χ0) is 2.71. The van der Waals surface area contributed by atoms with E-state index in [9.17, 15) is 0 Å². The van der Waals surface area contributed by atoms with Gasteiger partial charge in [-0.3, -0.25) is 8.92 Å². The second-order valence-corrected chi connectivity index (χ2v) is 0.250. The molecule has 0 aliphatic carbocycles. The Hall–Kier alpha value is 1.63. The first-order valence-corrected chi connectivity index (χ1v) is 1.22. The second-order valence-electron chi connectivity index (χ2n) is 0.0833. The number of rotatable bonds is 0. The number of hydrogen-bond donors (Lipinski definition) is 0. The summed E-state index contributed by atoms with van der Waals surface area (Å²) in [5.74, 6) is 0. The van der Waals surface area contributed by atoms with Crippen molar-refractivity contribution in [3.8, 4) is 0 Å². The maximum absolute atomic E-state index is 8.40. The third kappa shape index (κ3) is 45.3. The smallest absolute Gasteiger partial charge is 2.00 e. The van der Waals surface area contributed by atoms with Crippen molar-refractivity contribution in [2.75, 3.05) is 0 Å². The molecule has 0 bridgehead atoms. The normalized spacial score (nSPS) is 1.33. The van der Waals surface area contributed by atoms with Gasteiger partial charge in [-0.2, -0.15) is 0 Å². The minimum Gasteiger partial charge on any atom is -2.00 e. The first-order valence-electron chi connectivity index (χ1n) is 0.408. The minimum atomic E-state index is -1.42. The summed E-state index contributed by atoms with van der Waals surface area (Å²) in [4.78, 5) is 0. The summed E-state index contributed by atoms with van der Waals surface area (Å²) in [5, 5.41) is 0. The van der Waals surface area contributed by atoms with Gasteiger partial charge in [-0.25, -0.2) is 0 Å². The molecule has 6 heteroatoms. The summed E-state index contributed by atoms with van der Waals surface area (Å²) < 4.78 is 16.8. The van der Waals surface area contributed by atoms with Gasteiger partial charge in [0.05, 0.1) is 0 Å². The zero-order valence-electron chi connectivity index (χ0n) is 2.80. The largest absolute Gasteiger partial charge is 4.00 e. The van der Waals surface area contributed by atoms with Gasteiger partial charge in [0, 0.05) is 0 Å². The van der Waals surface area contributed by atoms with E-state index in [1.165, 1.54) is 0 Å². The topological polar surface area (TPSA) is 62.6 Å². The van der Waals surface area contributed by atoms with Gasteiger partial charge >= 0.3 is 66.6 Å². The van der Waals surface area contributed by atoms with Crippen molar-refractivity contribution >= 4 is 26.7 Å². The van der Waals surface area contributed by atoms with E-state index in [-0.39, 0.29) is 62.8 Å². The molecule has 0 amide bonds. The summed E-state index contributed by atoms with van der Waals surface area (Å²) in [6.45, 7) is 0. The van der Waals surface area contributed by atoms with Crippen molar-refractivity contribution in [3.63, 3.8) is 0 Å². The van der Waals surface area contributed by atoms with E-state index < -0.39 is 9.29 Å². The maximum atomic E-state index is 8.40. The summed E-state index contributed by atoms with van der Waals surface area (Å²) in [7, 11) is -1.42. The Morgan fingerprint density at radius 3 is 1.17 bits per heavy atom. The van der Waals surface area contributed by atoms with Crippen LogP contribution in [0.25, 0.3) is 0 Å². The van der Waals surface area contributed by atoms with E-state index in [4.69, 9.17) is 8.92 Å². The molecule has 0 aromatic heterocycles. The van der Waals surface area contributed by atoms with Crippen LogP contribution in [0, 0.1) is 39.9 Å². The van der Waals surface area contributed by atoms with E-state index in [1.807, 2.05) is 0 Å². The second kappa shape index (κ2) is 30.4. The summed E-state index contributed by atoms with van der Waals surface area (Å²) in [6.07, 6.45) is 0. The Bertz CT molecular complexity index is 31.8. The molecule has 0 aliphatic rings. The molecule has 24 valence electrons. The quantitative estimate of drug-likeness (QED) is 0.527. The van der Waals surface area contributed by atoms with Gasteiger partial charge in [-0.1, -0.05) is 0 Å². The van der Waals surface area contributed by atoms with Crippen LogP contribution in [0.2, 0.25) is 0 Å². The number of hydrogen-bond acceptors (Lipinski definition) is 2.